The van der Waals surface area contributed by atoms with Crippen molar-refractivity contribution in [2.24, 2.45) is 17.8 Å². The van der Waals surface area contributed by atoms with Gasteiger partial charge in [-0.3, -0.25) is 19.6 Å². The van der Waals surface area contributed by atoms with Gasteiger partial charge in [0, 0.05) is 63.0 Å². The predicted octanol–water partition coefficient (Wildman–Crippen LogP) is 4.43. The molecule has 2 aromatic rings. The van der Waals surface area contributed by atoms with Crippen molar-refractivity contribution in [3.8, 4) is 0 Å². The number of nitro groups is 1. The lowest BCUT2D eigenvalue weighted by molar-refractivity contribution is -0.384. The van der Waals surface area contributed by atoms with Crippen molar-refractivity contribution in [2.75, 3.05) is 34.3 Å². The van der Waals surface area contributed by atoms with E-state index in [1.54, 1.807) is 53.7 Å². The number of carbonyl (C=O) groups is 1. The number of esters is 1. The summed E-state index contributed by atoms with van der Waals surface area (Å²) < 4.78 is 40.1. The monoisotopic (exact) mass is 1020 g/mol. The number of cyclic esters (lactones) is 1. The van der Waals surface area contributed by atoms with Gasteiger partial charge in [-0.2, -0.15) is 0 Å². The number of carbonyl (C=O) groups excluding carboxylic acids is 1. The quantitative estimate of drug-likeness (QED) is 0.0636. The number of unbranched alkanes of at least 4 members (excludes halogenated alkanes) is 1. The van der Waals surface area contributed by atoms with Crippen LogP contribution in [0.4, 0.5) is 5.69 Å². The molecule has 3 fully saturated rings. The SMILES string of the molecule is CC[C@H]1OC(=O)[C@H](C)[C@@H](O[C@H]2C[C@@](C)(OC)[C@@H](O)[C@H](C)O2)[C@H](C)[C@@H](O[C@@H]2O[C@H](C)C[C@H](N(C)CCCc3cn(CCCCc4ccc([N+](=O)[O-])cc4)nn3)[C@H]2O)[C@](C)(O)C[C@@H](C)CN(C)[C@H](C)[C@@H](O)[C@]1(C)O. The van der Waals surface area contributed by atoms with E-state index in [0.717, 1.165) is 36.9 Å². The maximum absolute atomic E-state index is 14.5. The Labute approximate surface area is 426 Å². The second-order valence-corrected chi connectivity index (χ2v) is 22.1. The number of ether oxygens (including phenoxy) is 6. The van der Waals surface area contributed by atoms with E-state index >= 15 is 0 Å². The van der Waals surface area contributed by atoms with Gasteiger partial charge in [-0.05, 0) is 132 Å². The van der Waals surface area contributed by atoms with Gasteiger partial charge >= 0.3 is 5.97 Å². The number of aromatic nitrogens is 3. The average Bonchev–Trinajstić information content (AvgIpc) is 3.78. The number of aliphatic hydroxyl groups excluding tert-OH is 3. The normalized spacial score (nSPS) is 39.0. The molecule has 0 unspecified atom stereocenters. The van der Waals surface area contributed by atoms with Gasteiger partial charge in [-0.15, -0.1) is 5.10 Å². The smallest absolute Gasteiger partial charge is 0.311 e. The van der Waals surface area contributed by atoms with E-state index < -0.39 is 101 Å². The van der Waals surface area contributed by atoms with Crippen LogP contribution in [0.15, 0.2) is 30.5 Å². The van der Waals surface area contributed by atoms with Crippen LogP contribution in [-0.2, 0) is 52.6 Å². The van der Waals surface area contributed by atoms with E-state index in [1.807, 2.05) is 50.6 Å². The summed E-state index contributed by atoms with van der Waals surface area (Å²) in [6, 6.07) is 5.69. The molecule has 18 atom stereocenters. The van der Waals surface area contributed by atoms with Gasteiger partial charge in [0.1, 0.15) is 30.0 Å². The minimum atomic E-state index is -1.84. The van der Waals surface area contributed by atoms with E-state index in [9.17, 15) is 40.4 Å². The van der Waals surface area contributed by atoms with Crippen LogP contribution in [0, 0.1) is 27.9 Å². The summed E-state index contributed by atoms with van der Waals surface area (Å²) in [5.41, 5.74) is -2.54. The number of hydrogen-bond acceptors (Lipinski definition) is 18. The highest BCUT2D eigenvalue weighted by Gasteiger charge is 2.53. The van der Waals surface area contributed by atoms with Gasteiger partial charge in [-0.25, -0.2) is 0 Å². The number of benzene rings is 1. The van der Waals surface area contributed by atoms with Crippen LogP contribution in [0.2, 0.25) is 0 Å². The zero-order valence-electron chi connectivity index (χ0n) is 45.1. The maximum Gasteiger partial charge on any atom is 0.311 e. The maximum atomic E-state index is 14.5. The van der Waals surface area contributed by atoms with Crippen molar-refractivity contribution >= 4 is 11.7 Å². The van der Waals surface area contributed by atoms with Crippen LogP contribution in [0.25, 0.3) is 0 Å². The van der Waals surface area contributed by atoms with E-state index in [-0.39, 0.29) is 43.0 Å². The molecular formula is C52H88N6O14. The number of rotatable bonds is 17. The first-order chi connectivity index (χ1) is 33.7. The highest BCUT2D eigenvalue weighted by molar-refractivity contribution is 5.73. The molecule has 3 saturated heterocycles. The lowest BCUT2D eigenvalue weighted by Crippen LogP contribution is -2.60. The molecule has 0 radical (unpaired) electrons. The first kappa shape index (κ1) is 59.6. The van der Waals surface area contributed by atoms with E-state index in [4.69, 9.17) is 28.4 Å². The molecule has 3 aliphatic rings. The fraction of sp³-hybridized carbons (Fsp3) is 0.827. The van der Waals surface area contributed by atoms with Crippen molar-refractivity contribution in [1.29, 1.82) is 0 Å². The number of aryl methyl sites for hydroxylation is 3. The summed E-state index contributed by atoms with van der Waals surface area (Å²) in [4.78, 5) is 29.1. The minimum Gasteiger partial charge on any atom is -0.459 e. The predicted molar refractivity (Wildman–Crippen MR) is 267 cm³/mol. The molecule has 20 nitrogen and oxygen atoms in total. The molecule has 0 bridgehead atoms. The summed E-state index contributed by atoms with van der Waals surface area (Å²) in [6.07, 6.45) is -3.04. The Bertz CT molecular complexity index is 2010. The van der Waals surface area contributed by atoms with Crippen molar-refractivity contribution in [3.05, 3.63) is 51.8 Å². The van der Waals surface area contributed by atoms with Gasteiger partial charge in [-0.1, -0.05) is 38.1 Å². The van der Waals surface area contributed by atoms with Gasteiger partial charge in [0.15, 0.2) is 12.6 Å². The fourth-order valence-electron chi connectivity index (χ4n) is 11.3. The van der Waals surface area contributed by atoms with Crippen molar-refractivity contribution in [1.82, 2.24) is 24.8 Å². The molecule has 72 heavy (non-hydrogen) atoms. The van der Waals surface area contributed by atoms with Crippen molar-refractivity contribution in [2.45, 2.75) is 224 Å². The third-order valence-electron chi connectivity index (χ3n) is 15.9. The lowest BCUT2D eigenvalue weighted by Gasteiger charge is -2.49. The first-order valence-electron chi connectivity index (χ1n) is 26.1. The molecule has 410 valence electrons. The topological polar surface area (TPSA) is 254 Å². The highest BCUT2D eigenvalue weighted by atomic mass is 16.7. The third kappa shape index (κ3) is 14.8. The summed E-state index contributed by atoms with van der Waals surface area (Å²) in [7, 11) is 5.30. The van der Waals surface area contributed by atoms with Crippen LogP contribution in [-0.4, -0.2) is 186 Å². The third-order valence-corrected chi connectivity index (χ3v) is 15.9. The summed E-state index contributed by atoms with van der Waals surface area (Å²) in [5, 5.41) is 79.3. The second kappa shape index (κ2) is 25.5. The zero-order valence-corrected chi connectivity index (χ0v) is 45.1. The van der Waals surface area contributed by atoms with Crippen LogP contribution < -0.4 is 0 Å². The van der Waals surface area contributed by atoms with Crippen LogP contribution in [0.3, 0.4) is 0 Å². The Morgan fingerprint density at radius 1 is 0.944 bits per heavy atom. The molecular weight excluding hydrogens is 933 g/mol. The van der Waals surface area contributed by atoms with Gasteiger partial charge < -0.3 is 63.8 Å². The van der Waals surface area contributed by atoms with Gasteiger partial charge in [0.05, 0.1) is 52.2 Å². The molecule has 20 heteroatoms. The standard InChI is InChI=1S/C52H88N6O14/c1-14-41-52(10,64)45(60)35(6)56(12)29-31(2)27-50(8,63)47(33(4)44(34(5)48(62)70-41)71-42-28-51(9,67-13)46(61)36(7)69-42)72-49-43(59)40(26-32(3)68-49)55(11)24-17-19-38-30-57(54-53-38)25-16-15-18-37-20-22-39(23-21-37)58(65)66/h20-23,30-36,40-47,49,59-61,63-64H,14-19,24-29H2,1-13H3/t31-,32-,33+,34-,35-,36+,40+,41-,42+,43-,44+,45-,46+,47-,49+,50-,51-,52-/m1/s1. The molecule has 0 saturated carbocycles. The van der Waals surface area contributed by atoms with Gasteiger partial charge in [0.2, 0.25) is 0 Å². The van der Waals surface area contributed by atoms with Crippen LogP contribution >= 0.6 is 0 Å². The Morgan fingerprint density at radius 3 is 2.26 bits per heavy atom. The average molecular weight is 1020 g/mol. The number of hydrogen-bond donors (Lipinski definition) is 5. The Kier molecular flexibility index (Phi) is 21.1. The molecule has 0 spiro atoms. The highest BCUT2D eigenvalue weighted by Crippen LogP contribution is 2.40. The van der Waals surface area contributed by atoms with Crippen molar-refractivity contribution in [3.63, 3.8) is 0 Å². The number of nitrogens with zero attached hydrogens (tertiary/aromatic N) is 6. The Hall–Kier alpha value is -3.25. The number of likely N-dealkylation sites (N-methyl/N-ethyl adjacent to an activating group) is 2. The molecule has 5 rings (SSSR count). The number of methoxy groups -OCH3 is 1. The number of nitro benzene ring substituents is 1. The van der Waals surface area contributed by atoms with Crippen molar-refractivity contribution < 1.29 is 63.7 Å². The first-order valence-corrected chi connectivity index (χ1v) is 26.1. The summed E-state index contributed by atoms with van der Waals surface area (Å²) in [5.74, 6) is -2.77. The lowest BCUT2D eigenvalue weighted by atomic mass is 9.77. The molecule has 5 N–H and O–H groups in total. The Morgan fingerprint density at radius 2 is 1.62 bits per heavy atom. The van der Waals surface area contributed by atoms with Gasteiger partial charge in [0.25, 0.3) is 5.69 Å². The largest absolute Gasteiger partial charge is 0.459 e. The minimum absolute atomic E-state index is 0.0814. The summed E-state index contributed by atoms with van der Waals surface area (Å²) in [6.45, 7) is 19.3. The number of non-ortho nitro benzene ring substituents is 1. The molecule has 0 aliphatic carbocycles. The molecule has 1 aromatic carbocycles. The number of aliphatic hydroxyl groups is 5. The molecule has 0 amide bonds. The Balaban J connectivity index is 1.35. The summed E-state index contributed by atoms with van der Waals surface area (Å²) >= 11 is 0. The van der Waals surface area contributed by atoms with E-state index in [1.165, 1.54) is 26.2 Å². The second-order valence-electron chi connectivity index (χ2n) is 22.1. The van der Waals surface area contributed by atoms with Crippen LogP contribution in [0.1, 0.15) is 125 Å². The van der Waals surface area contributed by atoms with Crippen LogP contribution in [0.5, 0.6) is 0 Å². The molecule has 3 aliphatic heterocycles. The molecule has 1 aromatic heterocycles. The fourth-order valence-corrected chi connectivity index (χ4v) is 11.3. The molecule has 4 heterocycles. The van der Waals surface area contributed by atoms with E-state index in [0.29, 0.717) is 32.5 Å². The zero-order chi connectivity index (χ0) is 53.5. The van der Waals surface area contributed by atoms with E-state index in [2.05, 4.69) is 15.2 Å².